The number of amides is 1. The van der Waals surface area contributed by atoms with Crippen molar-refractivity contribution < 1.29 is 19.1 Å². The van der Waals surface area contributed by atoms with Gasteiger partial charge in [-0.15, -0.1) is 0 Å². The smallest absolute Gasteiger partial charge is 0.303 e. The van der Waals surface area contributed by atoms with Gasteiger partial charge in [0.2, 0.25) is 0 Å². The highest BCUT2D eigenvalue weighted by molar-refractivity contribution is 6.08. The quantitative estimate of drug-likeness (QED) is 0.184. The molecule has 5 aromatic rings. The molecule has 2 aromatic heterocycles. The van der Waals surface area contributed by atoms with Crippen LogP contribution < -0.4 is 10.2 Å². The fourth-order valence-corrected chi connectivity index (χ4v) is 6.14. The molecule has 9 nitrogen and oxygen atoms in total. The van der Waals surface area contributed by atoms with Crippen LogP contribution in [0.1, 0.15) is 56.0 Å². The van der Waals surface area contributed by atoms with Crippen molar-refractivity contribution >= 4 is 34.2 Å². The predicted molar refractivity (Wildman–Crippen MR) is 178 cm³/mol. The minimum atomic E-state index is -0.779. The molecule has 46 heavy (non-hydrogen) atoms. The van der Waals surface area contributed by atoms with Crippen LogP contribution in [-0.2, 0) is 23.3 Å². The zero-order valence-electron chi connectivity index (χ0n) is 26.4. The number of halogens is 1. The third kappa shape index (κ3) is 6.80. The van der Waals surface area contributed by atoms with E-state index in [1.54, 1.807) is 23.0 Å². The number of anilines is 2. The molecule has 10 heteroatoms. The fraction of sp³-hybridized carbons (Fsp3) is 0.333. The molecule has 0 radical (unpaired) electrons. The van der Waals surface area contributed by atoms with Crippen LogP contribution in [0.3, 0.4) is 0 Å². The lowest BCUT2D eigenvalue weighted by Gasteiger charge is -2.33. The van der Waals surface area contributed by atoms with E-state index in [0.29, 0.717) is 34.8 Å². The Morgan fingerprint density at radius 3 is 2.35 bits per heavy atom. The van der Waals surface area contributed by atoms with Crippen LogP contribution >= 0.6 is 0 Å². The summed E-state index contributed by atoms with van der Waals surface area (Å²) in [6.07, 6.45) is 6.18. The first-order chi connectivity index (χ1) is 22.0. The van der Waals surface area contributed by atoms with Crippen molar-refractivity contribution in [1.82, 2.24) is 19.6 Å². The molecular weight excluding hydrogens is 583 g/mol. The third-order valence-electron chi connectivity index (χ3n) is 8.64. The van der Waals surface area contributed by atoms with Crippen LogP contribution in [0.5, 0.6) is 0 Å². The van der Waals surface area contributed by atoms with Crippen molar-refractivity contribution in [1.29, 1.82) is 0 Å². The highest BCUT2D eigenvalue weighted by atomic mass is 19.1. The highest BCUT2D eigenvalue weighted by Crippen LogP contribution is 2.31. The monoisotopic (exact) mass is 622 g/mol. The molecule has 1 aliphatic rings. The molecule has 1 amide bonds. The van der Waals surface area contributed by atoms with E-state index in [0.717, 1.165) is 54.6 Å². The number of nitrogens with one attached hydrogen (secondary N) is 1. The number of aryl methyl sites for hydroxylation is 1. The number of carbonyl (C=O) groups is 2. The second-order valence-corrected chi connectivity index (χ2v) is 13.0. The second kappa shape index (κ2) is 12.8. The normalized spacial score (nSPS) is 14.1. The average molecular weight is 623 g/mol. The van der Waals surface area contributed by atoms with E-state index in [2.05, 4.69) is 32.5 Å². The Labute approximate surface area is 267 Å². The van der Waals surface area contributed by atoms with Gasteiger partial charge in [0.05, 0.1) is 34.7 Å². The first-order valence-electron chi connectivity index (χ1n) is 15.7. The van der Waals surface area contributed by atoms with Crippen LogP contribution in [0.15, 0.2) is 79.1 Å². The summed E-state index contributed by atoms with van der Waals surface area (Å²) in [5, 5.41) is 22.2. The Bertz CT molecular complexity index is 1850. The van der Waals surface area contributed by atoms with Crippen molar-refractivity contribution in [2.75, 3.05) is 23.3 Å². The molecule has 1 saturated heterocycles. The summed E-state index contributed by atoms with van der Waals surface area (Å²) in [6, 6.07) is 20.2. The number of carboxylic acid groups (broad SMARTS) is 1. The van der Waals surface area contributed by atoms with E-state index in [9.17, 15) is 14.0 Å². The summed E-state index contributed by atoms with van der Waals surface area (Å²) in [6.45, 7) is 8.71. The average Bonchev–Trinajstić information content (AvgIpc) is 3.66. The number of piperidine rings is 1. The first kappa shape index (κ1) is 31.0. The van der Waals surface area contributed by atoms with Gasteiger partial charge < -0.3 is 15.3 Å². The molecule has 6 rings (SSSR count). The Hall–Kier alpha value is -4.99. The maximum atomic E-state index is 13.7. The van der Waals surface area contributed by atoms with Crippen LogP contribution in [0.4, 0.5) is 15.8 Å². The van der Waals surface area contributed by atoms with Gasteiger partial charge in [-0.2, -0.15) is 10.2 Å². The number of benzene rings is 3. The number of carboxylic acids is 1. The molecule has 238 valence electrons. The SMILES string of the molecule is CC(C)(C)n1ncc(C(=O)Nc2ccc3cnn(CC4CCN(c5ccc(CCC(=O)O)cc5)CC4)c3c2)c1-c1ccc(F)cc1. The Morgan fingerprint density at radius 2 is 1.67 bits per heavy atom. The predicted octanol–water partition coefficient (Wildman–Crippen LogP) is 6.98. The number of carbonyl (C=O) groups excluding carboxylic acids is 1. The molecule has 0 bridgehead atoms. The van der Waals surface area contributed by atoms with Crippen molar-refractivity contribution in [3.8, 4) is 11.3 Å². The van der Waals surface area contributed by atoms with Crippen molar-refractivity contribution in [2.24, 2.45) is 5.92 Å². The van der Waals surface area contributed by atoms with Gasteiger partial charge in [-0.25, -0.2) is 4.39 Å². The molecule has 3 aromatic carbocycles. The van der Waals surface area contributed by atoms with Gasteiger partial charge >= 0.3 is 5.97 Å². The summed E-state index contributed by atoms with van der Waals surface area (Å²) in [7, 11) is 0. The summed E-state index contributed by atoms with van der Waals surface area (Å²) in [5.74, 6) is -0.942. The second-order valence-electron chi connectivity index (χ2n) is 13.0. The lowest BCUT2D eigenvalue weighted by Crippen LogP contribution is -2.35. The Kier molecular flexibility index (Phi) is 8.62. The molecular formula is C36H39FN6O3. The molecule has 1 aliphatic heterocycles. The van der Waals surface area contributed by atoms with Gasteiger partial charge in [0.25, 0.3) is 5.91 Å². The van der Waals surface area contributed by atoms with Gasteiger partial charge in [-0.1, -0.05) is 12.1 Å². The number of nitrogens with zero attached hydrogens (tertiary/aromatic N) is 5. The van der Waals surface area contributed by atoms with Gasteiger partial charge in [-0.05, 0) is 106 Å². The molecule has 3 heterocycles. The van der Waals surface area contributed by atoms with E-state index in [4.69, 9.17) is 5.11 Å². The summed E-state index contributed by atoms with van der Waals surface area (Å²) >= 11 is 0. The minimum absolute atomic E-state index is 0.141. The molecule has 2 N–H and O–H groups in total. The van der Waals surface area contributed by atoms with E-state index >= 15 is 0 Å². The number of aliphatic carboxylic acids is 1. The summed E-state index contributed by atoms with van der Waals surface area (Å²) in [5.41, 5.74) is 5.20. The largest absolute Gasteiger partial charge is 0.481 e. The molecule has 0 atom stereocenters. The molecule has 0 aliphatic carbocycles. The molecule has 0 spiro atoms. The fourth-order valence-electron chi connectivity index (χ4n) is 6.14. The van der Waals surface area contributed by atoms with Gasteiger partial charge in [0.1, 0.15) is 5.82 Å². The van der Waals surface area contributed by atoms with Gasteiger partial charge in [0.15, 0.2) is 0 Å². The number of rotatable bonds is 9. The Balaban J connectivity index is 1.13. The maximum absolute atomic E-state index is 13.7. The van der Waals surface area contributed by atoms with Gasteiger partial charge in [-0.3, -0.25) is 19.0 Å². The number of aromatic nitrogens is 4. The number of fused-ring (bicyclic) bond motifs is 1. The number of hydrogen-bond donors (Lipinski definition) is 2. The minimum Gasteiger partial charge on any atom is -0.481 e. The number of hydrogen-bond acceptors (Lipinski definition) is 5. The van der Waals surface area contributed by atoms with Crippen LogP contribution in [0.25, 0.3) is 22.2 Å². The maximum Gasteiger partial charge on any atom is 0.303 e. The van der Waals surface area contributed by atoms with Crippen LogP contribution in [0, 0.1) is 11.7 Å². The lowest BCUT2D eigenvalue weighted by molar-refractivity contribution is -0.136. The van der Waals surface area contributed by atoms with E-state index in [-0.39, 0.29) is 18.1 Å². The lowest BCUT2D eigenvalue weighted by atomic mass is 9.96. The van der Waals surface area contributed by atoms with Gasteiger partial charge in [0, 0.05) is 48.4 Å². The van der Waals surface area contributed by atoms with Crippen molar-refractivity contribution in [2.45, 2.75) is 58.5 Å². The van der Waals surface area contributed by atoms with Crippen LogP contribution in [-0.4, -0.2) is 49.6 Å². The zero-order valence-corrected chi connectivity index (χ0v) is 26.4. The molecule has 0 saturated carbocycles. The van der Waals surface area contributed by atoms with E-state index in [1.807, 2.05) is 62.0 Å². The summed E-state index contributed by atoms with van der Waals surface area (Å²) in [4.78, 5) is 26.9. The van der Waals surface area contributed by atoms with E-state index < -0.39 is 11.5 Å². The standard InChI is InChI=1S/C36H39FN6O3/c1-36(2,3)43-34(26-7-10-28(37)11-8-26)31(22-39-43)35(46)40-29-12-9-27-21-38-42(32(27)20-29)23-25-16-18-41(19-17-25)30-13-4-24(5-14-30)6-15-33(44)45/h4-5,7-14,20-22,25H,6,15-19,23H2,1-3H3,(H,40,46)(H,44,45). The molecule has 1 fully saturated rings. The highest BCUT2D eigenvalue weighted by Gasteiger charge is 2.26. The molecule has 0 unspecified atom stereocenters. The van der Waals surface area contributed by atoms with Crippen LogP contribution in [0.2, 0.25) is 0 Å². The van der Waals surface area contributed by atoms with E-state index in [1.165, 1.54) is 12.1 Å². The Morgan fingerprint density at radius 1 is 0.957 bits per heavy atom. The van der Waals surface area contributed by atoms with Crippen molar-refractivity contribution in [3.63, 3.8) is 0 Å². The first-order valence-corrected chi connectivity index (χ1v) is 15.7. The zero-order chi connectivity index (χ0) is 32.4. The third-order valence-corrected chi connectivity index (χ3v) is 8.64. The summed E-state index contributed by atoms with van der Waals surface area (Å²) < 4.78 is 17.5. The topological polar surface area (TPSA) is 105 Å². The van der Waals surface area contributed by atoms with Crippen molar-refractivity contribution in [3.05, 3.63) is 96.1 Å².